The van der Waals surface area contributed by atoms with E-state index in [9.17, 15) is 9.59 Å². The number of nitrogens with zero attached hydrogens (tertiary/aromatic N) is 2. The molecule has 2 aromatic carbocycles. The molecule has 0 fully saturated rings. The van der Waals surface area contributed by atoms with Gasteiger partial charge in [-0.3, -0.25) is 14.5 Å². The summed E-state index contributed by atoms with van der Waals surface area (Å²) in [5.41, 5.74) is 2.32. The summed E-state index contributed by atoms with van der Waals surface area (Å²) in [6, 6.07) is 14.3. The second kappa shape index (κ2) is 7.01. The van der Waals surface area contributed by atoms with E-state index in [1.165, 1.54) is 22.7 Å². The lowest BCUT2D eigenvalue weighted by Gasteiger charge is -2.20. The van der Waals surface area contributed by atoms with Crippen molar-refractivity contribution in [3.05, 3.63) is 85.9 Å². The molecule has 0 bridgehead atoms. The molecule has 32 heavy (non-hydrogen) atoms. The molecule has 3 aromatic heterocycles. The van der Waals surface area contributed by atoms with Crippen LogP contribution < -0.4 is 15.1 Å². The zero-order valence-electron chi connectivity index (χ0n) is 17.1. The number of fused-ring (bicyclic) bond motifs is 3. The van der Waals surface area contributed by atoms with Gasteiger partial charge in [0.1, 0.15) is 17.4 Å². The normalized spacial score (nSPS) is 15.6. The molecule has 0 unspecified atom stereocenters. The van der Waals surface area contributed by atoms with Gasteiger partial charge in [-0.25, -0.2) is 4.98 Å². The first kappa shape index (κ1) is 19.2. The smallest absolute Gasteiger partial charge is 0.297 e. The van der Waals surface area contributed by atoms with Crippen molar-refractivity contribution in [3.8, 4) is 5.75 Å². The molecule has 158 valence electrons. The fraction of sp³-hybridized carbons (Fsp3) is 0.125. The number of hydrogen-bond acceptors (Lipinski definition) is 7. The Kier molecular flexibility index (Phi) is 4.21. The van der Waals surface area contributed by atoms with Gasteiger partial charge in [0, 0.05) is 4.88 Å². The molecule has 1 amide bonds. The monoisotopic (exact) mass is 460 g/mol. The topological polar surface area (TPSA) is 72.6 Å². The van der Waals surface area contributed by atoms with Crippen molar-refractivity contribution in [2.45, 2.75) is 13.0 Å². The lowest BCUT2D eigenvalue weighted by Crippen LogP contribution is -2.28. The van der Waals surface area contributed by atoms with E-state index in [4.69, 9.17) is 14.1 Å². The summed E-state index contributed by atoms with van der Waals surface area (Å²) in [6.45, 7) is 1.93. The minimum absolute atomic E-state index is 0.0848. The Morgan fingerprint density at radius 1 is 1.12 bits per heavy atom. The Bertz CT molecular complexity index is 1580. The Labute approximate surface area is 190 Å². The van der Waals surface area contributed by atoms with Crippen LogP contribution in [-0.2, 0) is 0 Å². The largest absolute Gasteiger partial charge is 0.497 e. The highest BCUT2D eigenvalue weighted by molar-refractivity contribution is 7.22. The molecule has 0 saturated heterocycles. The highest BCUT2D eigenvalue weighted by Gasteiger charge is 2.45. The predicted molar refractivity (Wildman–Crippen MR) is 126 cm³/mol. The van der Waals surface area contributed by atoms with Crippen LogP contribution in [0.5, 0.6) is 5.75 Å². The number of carbonyl (C=O) groups is 1. The first-order valence-electron chi connectivity index (χ1n) is 9.94. The first-order chi connectivity index (χ1) is 15.5. The summed E-state index contributed by atoms with van der Waals surface area (Å²) >= 11 is 2.88. The summed E-state index contributed by atoms with van der Waals surface area (Å²) in [5, 5.41) is 2.93. The number of ether oxygens (including phenoxy) is 1. The van der Waals surface area contributed by atoms with Gasteiger partial charge in [-0.05, 0) is 48.7 Å². The molecular weight excluding hydrogens is 444 g/mol. The summed E-state index contributed by atoms with van der Waals surface area (Å²) < 4.78 is 12.2. The number of aryl methyl sites for hydroxylation is 1. The molecule has 6 nitrogen and oxygen atoms in total. The average molecular weight is 461 g/mol. The number of thiophene rings is 1. The fourth-order valence-electron chi connectivity index (χ4n) is 4.12. The van der Waals surface area contributed by atoms with Crippen molar-refractivity contribution in [2.24, 2.45) is 0 Å². The first-order valence-corrected chi connectivity index (χ1v) is 11.6. The number of aromatic nitrogens is 1. The zero-order valence-corrected chi connectivity index (χ0v) is 18.8. The third-order valence-corrected chi connectivity index (χ3v) is 7.57. The lowest BCUT2D eigenvalue weighted by atomic mass is 10.0. The van der Waals surface area contributed by atoms with E-state index >= 15 is 0 Å². The van der Waals surface area contributed by atoms with Crippen LogP contribution in [0.2, 0.25) is 0 Å². The predicted octanol–water partition coefficient (Wildman–Crippen LogP) is 5.53. The number of amides is 1. The zero-order chi connectivity index (χ0) is 22.0. The average Bonchev–Trinajstić information content (AvgIpc) is 3.52. The molecule has 1 aliphatic heterocycles. The van der Waals surface area contributed by atoms with Gasteiger partial charge in [0.2, 0.25) is 5.76 Å². The highest BCUT2D eigenvalue weighted by Crippen LogP contribution is 2.45. The molecule has 6 rings (SSSR count). The van der Waals surface area contributed by atoms with Crippen molar-refractivity contribution in [1.29, 1.82) is 0 Å². The van der Waals surface area contributed by atoms with Crippen molar-refractivity contribution in [3.63, 3.8) is 0 Å². The Balaban J connectivity index is 1.61. The van der Waals surface area contributed by atoms with Gasteiger partial charge >= 0.3 is 0 Å². The number of methoxy groups -OCH3 is 1. The maximum absolute atomic E-state index is 13.6. The molecule has 0 radical (unpaired) electrons. The minimum Gasteiger partial charge on any atom is -0.497 e. The van der Waals surface area contributed by atoms with E-state index in [1.54, 1.807) is 18.1 Å². The van der Waals surface area contributed by atoms with Crippen LogP contribution in [0.4, 0.5) is 5.13 Å². The number of thiazole rings is 1. The summed E-state index contributed by atoms with van der Waals surface area (Å²) in [7, 11) is 1.61. The van der Waals surface area contributed by atoms with Crippen molar-refractivity contribution in [1.82, 2.24) is 4.98 Å². The van der Waals surface area contributed by atoms with Crippen LogP contribution in [0.3, 0.4) is 0 Å². The van der Waals surface area contributed by atoms with E-state index in [0.717, 1.165) is 26.4 Å². The molecule has 8 heteroatoms. The SMILES string of the molecule is COc1ccc2nc(N3C(=O)c4oc5ccc(C)cc5c(=O)c4[C@H]3c3cccs3)sc2c1. The number of benzene rings is 2. The van der Waals surface area contributed by atoms with Gasteiger partial charge < -0.3 is 9.15 Å². The van der Waals surface area contributed by atoms with E-state index in [2.05, 4.69) is 0 Å². The second-order valence-corrected chi connectivity index (χ2v) is 9.59. The van der Waals surface area contributed by atoms with Gasteiger partial charge in [-0.15, -0.1) is 11.3 Å². The van der Waals surface area contributed by atoms with Crippen LogP contribution in [-0.4, -0.2) is 18.0 Å². The third-order valence-electron chi connectivity index (χ3n) is 5.63. The van der Waals surface area contributed by atoms with Crippen molar-refractivity contribution >= 4 is 54.9 Å². The minimum atomic E-state index is -0.582. The third kappa shape index (κ3) is 2.73. The number of anilines is 1. The Hall–Kier alpha value is -3.49. The summed E-state index contributed by atoms with van der Waals surface area (Å²) in [4.78, 5) is 34.4. The van der Waals surface area contributed by atoms with E-state index in [0.29, 0.717) is 21.7 Å². The van der Waals surface area contributed by atoms with E-state index < -0.39 is 6.04 Å². The van der Waals surface area contributed by atoms with Gasteiger partial charge in [0.05, 0.1) is 28.3 Å². The molecule has 4 heterocycles. The molecule has 0 saturated carbocycles. The molecule has 1 aliphatic rings. The maximum atomic E-state index is 13.6. The summed E-state index contributed by atoms with van der Waals surface area (Å²) in [5.74, 6) is 0.447. The van der Waals surface area contributed by atoms with Crippen molar-refractivity contribution < 1.29 is 13.9 Å². The van der Waals surface area contributed by atoms with E-state index in [-0.39, 0.29) is 17.1 Å². The molecule has 5 aromatic rings. The molecule has 0 spiro atoms. The van der Waals surface area contributed by atoms with Gasteiger partial charge in [-0.2, -0.15) is 0 Å². The molecule has 1 atom stereocenters. The van der Waals surface area contributed by atoms with Crippen LogP contribution in [0, 0.1) is 6.92 Å². The maximum Gasteiger partial charge on any atom is 0.297 e. The van der Waals surface area contributed by atoms with Gasteiger partial charge in [0.15, 0.2) is 10.6 Å². The van der Waals surface area contributed by atoms with Crippen LogP contribution in [0.25, 0.3) is 21.2 Å². The number of rotatable bonds is 3. The standard InChI is InChI=1S/C24H16N2O4S2/c1-12-5-8-16-14(10-12)21(27)19-20(17-4-3-9-31-17)26(23(28)22(19)30-16)24-25-15-7-6-13(29-2)11-18(15)32-24/h3-11,20H,1-2H3/t20-/m1/s1. The van der Waals surface area contributed by atoms with Crippen LogP contribution in [0.15, 0.2) is 63.1 Å². The van der Waals surface area contributed by atoms with Gasteiger partial charge in [-0.1, -0.05) is 29.0 Å². The summed E-state index contributed by atoms with van der Waals surface area (Å²) in [6.07, 6.45) is 0. The van der Waals surface area contributed by atoms with Crippen molar-refractivity contribution in [2.75, 3.05) is 12.0 Å². The molecule has 0 N–H and O–H groups in total. The van der Waals surface area contributed by atoms with Crippen LogP contribution >= 0.6 is 22.7 Å². The Morgan fingerprint density at radius 2 is 2.00 bits per heavy atom. The second-order valence-electron chi connectivity index (χ2n) is 7.60. The molecular formula is C24H16N2O4S2. The van der Waals surface area contributed by atoms with E-state index in [1.807, 2.05) is 54.8 Å². The number of hydrogen-bond donors (Lipinski definition) is 0. The fourth-order valence-corrected chi connectivity index (χ4v) is 5.97. The highest BCUT2D eigenvalue weighted by atomic mass is 32.1. The van der Waals surface area contributed by atoms with Crippen LogP contribution in [0.1, 0.15) is 32.6 Å². The lowest BCUT2D eigenvalue weighted by molar-refractivity contribution is 0.0971. The molecule has 0 aliphatic carbocycles. The Morgan fingerprint density at radius 3 is 2.78 bits per heavy atom. The quantitative estimate of drug-likeness (QED) is 0.354. The number of carbonyl (C=O) groups excluding carboxylic acids is 1. The van der Waals surface area contributed by atoms with Gasteiger partial charge in [0.25, 0.3) is 5.91 Å².